The van der Waals surface area contributed by atoms with Crippen LogP contribution in [0.25, 0.3) is 0 Å². The van der Waals surface area contributed by atoms with Crippen LogP contribution in [0.15, 0.2) is 0 Å². The Hall–Kier alpha value is 0.480. The van der Waals surface area contributed by atoms with Gasteiger partial charge in [-0.15, -0.1) is 0 Å². The SMILES string of the molecule is CC1(Br)CCCC1. The minimum absolute atomic E-state index is 0.507. The van der Waals surface area contributed by atoms with Crippen molar-refractivity contribution >= 4 is 15.9 Å². The van der Waals surface area contributed by atoms with Crippen LogP contribution in [0, 0.1) is 0 Å². The smallest absolute Gasteiger partial charge is 0.0229 e. The molecule has 0 saturated heterocycles. The van der Waals surface area contributed by atoms with Gasteiger partial charge < -0.3 is 0 Å². The van der Waals surface area contributed by atoms with Gasteiger partial charge in [0.15, 0.2) is 0 Å². The van der Waals surface area contributed by atoms with E-state index in [9.17, 15) is 0 Å². The van der Waals surface area contributed by atoms with Gasteiger partial charge in [-0.05, 0) is 19.8 Å². The molecule has 1 aliphatic carbocycles. The third kappa shape index (κ3) is 1.45. The van der Waals surface area contributed by atoms with Crippen molar-refractivity contribution in [3.63, 3.8) is 0 Å². The van der Waals surface area contributed by atoms with Crippen molar-refractivity contribution in [1.82, 2.24) is 0 Å². The van der Waals surface area contributed by atoms with Gasteiger partial charge in [0, 0.05) is 4.32 Å². The molecule has 1 saturated carbocycles. The molecule has 0 aromatic carbocycles. The van der Waals surface area contributed by atoms with Crippen molar-refractivity contribution in [3.05, 3.63) is 0 Å². The lowest BCUT2D eigenvalue weighted by atomic mass is 10.1. The van der Waals surface area contributed by atoms with Crippen LogP contribution >= 0.6 is 15.9 Å². The van der Waals surface area contributed by atoms with Crippen LogP contribution in [0.2, 0.25) is 0 Å². The average molecular weight is 163 g/mol. The average Bonchev–Trinajstić information content (AvgIpc) is 1.84. The van der Waals surface area contributed by atoms with Crippen LogP contribution in [0.1, 0.15) is 32.6 Å². The quantitative estimate of drug-likeness (QED) is 0.481. The predicted molar refractivity (Wildman–Crippen MR) is 35.8 cm³/mol. The number of hydrogen-bond acceptors (Lipinski definition) is 0. The summed E-state index contributed by atoms with van der Waals surface area (Å²) in [5.41, 5.74) is 0. The molecule has 42 valence electrons. The maximum absolute atomic E-state index is 3.64. The van der Waals surface area contributed by atoms with E-state index in [1.165, 1.54) is 25.7 Å². The Morgan fingerprint density at radius 2 is 1.71 bits per heavy atom. The maximum atomic E-state index is 3.64. The van der Waals surface area contributed by atoms with E-state index in [2.05, 4.69) is 22.9 Å². The Morgan fingerprint density at radius 1 is 1.29 bits per heavy atom. The molecule has 0 aromatic heterocycles. The van der Waals surface area contributed by atoms with Crippen molar-refractivity contribution in [2.24, 2.45) is 0 Å². The molecule has 0 nitrogen and oxygen atoms in total. The van der Waals surface area contributed by atoms with Crippen LogP contribution in [-0.2, 0) is 0 Å². The molecule has 0 heterocycles. The highest BCUT2D eigenvalue weighted by Gasteiger charge is 2.24. The fourth-order valence-corrected chi connectivity index (χ4v) is 1.67. The zero-order chi connectivity index (χ0) is 5.33. The van der Waals surface area contributed by atoms with Crippen LogP contribution in [0.4, 0.5) is 0 Å². The zero-order valence-corrected chi connectivity index (χ0v) is 6.29. The second kappa shape index (κ2) is 1.77. The molecule has 0 radical (unpaired) electrons. The standard InChI is InChI=1S/C6H11Br/c1-6(7)4-2-3-5-6/h2-5H2,1H3. The summed E-state index contributed by atoms with van der Waals surface area (Å²) < 4.78 is 0.507. The summed E-state index contributed by atoms with van der Waals surface area (Å²) in [6.45, 7) is 2.28. The number of rotatable bonds is 0. The van der Waals surface area contributed by atoms with Crippen molar-refractivity contribution in [1.29, 1.82) is 0 Å². The van der Waals surface area contributed by atoms with E-state index < -0.39 is 0 Å². The minimum Gasteiger partial charge on any atom is -0.0856 e. The summed E-state index contributed by atoms with van der Waals surface area (Å²) in [6, 6.07) is 0. The highest BCUT2D eigenvalue weighted by atomic mass is 79.9. The zero-order valence-electron chi connectivity index (χ0n) is 4.71. The molecule has 0 N–H and O–H groups in total. The Bertz CT molecular complexity index is 58.6. The van der Waals surface area contributed by atoms with Crippen LogP contribution in [0.5, 0.6) is 0 Å². The number of alkyl halides is 1. The first kappa shape index (κ1) is 5.61. The summed E-state index contributed by atoms with van der Waals surface area (Å²) in [7, 11) is 0. The van der Waals surface area contributed by atoms with Gasteiger partial charge >= 0.3 is 0 Å². The van der Waals surface area contributed by atoms with Crippen LogP contribution < -0.4 is 0 Å². The normalized spacial score (nSPS) is 28.3. The molecule has 0 bridgehead atoms. The fourth-order valence-electron chi connectivity index (χ4n) is 1.11. The van der Waals surface area contributed by atoms with E-state index in [1.807, 2.05) is 0 Å². The van der Waals surface area contributed by atoms with Crippen molar-refractivity contribution in [2.75, 3.05) is 0 Å². The lowest BCUT2D eigenvalue weighted by molar-refractivity contribution is 0.689. The summed E-state index contributed by atoms with van der Waals surface area (Å²) in [6.07, 6.45) is 5.57. The minimum atomic E-state index is 0.507. The third-order valence-corrected chi connectivity index (χ3v) is 2.44. The molecule has 0 amide bonds. The van der Waals surface area contributed by atoms with E-state index >= 15 is 0 Å². The molecular formula is C6H11Br. The van der Waals surface area contributed by atoms with Crippen molar-refractivity contribution in [2.45, 2.75) is 36.9 Å². The first-order valence-corrected chi connectivity index (χ1v) is 3.69. The van der Waals surface area contributed by atoms with Crippen molar-refractivity contribution < 1.29 is 0 Å². The predicted octanol–water partition coefficient (Wildman–Crippen LogP) is 2.71. The molecule has 0 aliphatic heterocycles. The van der Waals surface area contributed by atoms with Gasteiger partial charge in [-0.3, -0.25) is 0 Å². The van der Waals surface area contributed by atoms with Gasteiger partial charge in [0.05, 0.1) is 0 Å². The molecular weight excluding hydrogens is 152 g/mol. The van der Waals surface area contributed by atoms with Gasteiger partial charge in [-0.2, -0.15) is 0 Å². The van der Waals surface area contributed by atoms with Gasteiger partial charge in [0.1, 0.15) is 0 Å². The Labute approximate surface area is 53.4 Å². The number of hydrogen-bond donors (Lipinski definition) is 0. The fraction of sp³-hybridized carbons (Fsp3) is 1.00. The second-order valence-corrected chi connectivity index (χ2v) is 4.53. The van der Waals surface area contributed by atoms with E-state index in [4.69, 9.17) is 0 Å². The van der Waals surface area contributed by atoms with E-state index in [0.29, 0.717) is 4.32 Å². The maximum Gasteiger partial charge on any atom is 0.0229 e. The second-order valence-electron chi connectivity index (χ2n) is 2.62. The molecule has 0 atom stereocenters. The molecule has 1 aliphatic rings. The topological polar surface area (TPSA) is 0 Å². The summed E-state index contributed by atoms with van der Waals surface area (Å²) in [5.74, 6) is 0. The molecule has 0 aromatic rings. The van der Waals surface area contributed by atoms with Gasteiger partial charge in [-0.1, -0.05) is 28.8 Å². The largest absolute Gasteiger partial charge is 0.0856 e. The molecule has 1 rings (SSSR count). The third-order valence-electron chi connectivity index (χ3n) is 1.65. The highest BCUT2D eigenvalue weighted by Crippen LogP contribution is 2.36. The number of halogens is 1. The summed E-state index contributed by atoms with van der Waals surface area (Å²) >= 11 is 3.64. The Morgan fingerprint density at radius 3 is 1.86 bits per heavy atom. The van der Waals surface area contributed by atoms with E-state index in [1.54, 1.807) is 0 Å². The first-order valence-electron chi connectivity index (χ1n) is 2.90. The van der Waals surface area contributed by atoms with Gasteiger partial charge in [0.25, 0.3) is 0 Å². The summed E-state index contributed by atoms with van der Waals surface area (Å²) in [5, 5.41) is 0. The molecule has 0 spiro atoms. The van der Waals surface area contributed by atoms with E-state index in [0.717, 1.165) is 0 Å². The molecule has 1 fully saturated rings. The summed E-state index contributed by atoms with van der Waals surface area (Å²) in [4.78, 5) is 0. The van der Waals surface area contributed by atoms with Crippen LogP contribution in [0.3, 0.4) is 0 Å². The Balaban J connectivity index is 2.40. The highest BCUT2D eigenvalue weighted by molar-refractivity contribution is 9.10. The molecule has 1 heteroatoms. The lowest BCUT2D eigenvalue weighted by Gasteiger charge is -2.11. The van der Waals surface area contributed by atoms with E-state index in [-0.39, 0.29) is 0 Å². The van der Waals surface area contributed by atoms with Gasteiger partial charge in [-0.25, -0.2) is 0 Å². The van der Waals surface area contributed by atoms with Crippen LogP contribution in [-0.4, -0.2) is 4.32 Å². The van der Waals surface area contributed by atoms with Gasteiger partial charge in [0.2, 0.25) is 0 Å². The molecule has 7 heavy (non-hydrogen) atoms. The first-order chi connectivity index (χ1) is 3.21. The molecule has 0 unspecified atom stereocenters. The Kier molecular flexibility index (Phi) is 1.42. The lowest BCUT2D eigenvalue weighted by Crippen LogP contribution is -2.06. The van der Waals surface area contributed by atoms with Crippen molar-refractivity contribution in [3.8, 4) is 0 Å². The monoisotopic (exact) mass is 162 g/mol.